The third kappa shape index (κ3) is 3.30. The molecule has 5 rings (SSSR count). The van der Waals surface area contributed by atoms with Crippen molar-refractivity contribution >= 4 is 45.7 Å². The number of aromatic nitrogens is 5. The molecular formula is C20H18N6OS2. The third-order valence-electron chi connectivity index (χ3n) is 5.02. The van der Waals surface area contributed by atoms with Gasteiger partial charge in [-0.05, 0) is 31.0 Å². The molecule has 4 aromatic rings. The number of carbonyl (C=O) groups is 1. The van der Waals surface area contributed by atoms with Crippen LogP contribution in [0.1, 0.15) is 10.6 Å². The van der Waals surface area contributed by atoms with Gasteiger partial charge in [-0.25, -0.2) is 15.0 Å². The highest BCUT2D eigenvalue weighted by Crippen LogP contribution is 2.33. The molecule has 29 heavy (non-hydrogen) atoms. The molecule has 0 saturated heterocycles. The van der Waals surface area contributed by atoms with Gasteiger partial charge in [0.05, 0.1) is 28.0 Å². The maximum Gasteiger partial charge on any atom is 0.237 e. The van der Waals surface area contributed by atoms with Gasteiger partial charge in [0.15, 0.2) is 5.65 Å². The molecule has 3 aromatic heterocycles. The second kappa shape index (κ2) is 7.23. The van der Waals surface area contributed by atoms with Gasteiger partial charge in [-0.1, -0.05) is 17.8 Å². The summed E-state index contributed by atoms with van der Waals surface area (Å²) in [6.45, 7) is 2.72. The lowest BCUT2D eigenvalue weighted by molar-refractivity contribution is -0.116. The summed E-state index contributed by atoms with van der Waals surface area (Å²) in [5, 5.41) is 9.02. The van der Waals surface area contributed by atoms with Gasteiger partial charge in [0.25, 0.3) is 0 Å². The summed E-state index contributed by atoms with van der Waals surface area (Å²) < 4.78 is 1.71. The van der Waals surface area contributed by atoms with E-state index in [9.17, 15) is 4.79 Å². The molecule has 1 aliphatic rings. The van der Waals surface area contributed by atoms with E-state index in [2.05, 4.69) is 37.6 Å². The van der Waals surface area contributed by atoms with Crippen LogP contribution in [0.5, 0.6) is 0 Å². The van der Waals surface area contributed by atoms with E-state index in [1.807, 2.05) is 24.9 Å². The van der Waals surface area contributed by atoms with Crippen molar-refractivity contribution in [3.05, 3.63) is 46.7 Å². The lowest BCUT2D eigenvalue weighted by Crippen LogP contribution is -2.30. The minimum Gasteiger partial charge on any atom is -0.311 e. The first kappa shape index (κ1) is 18.3. The Kier molecular flexibility index (Phi) is 4.56. The summed E-state index contributed by atoms with van der Waals surface area (Å²) in [4.78, 5) is 27.9. The quantitative estimate of drug-likeness (QED) is 0.370. The van der Waals surface area contributed by atoms with Crippen molar-refractivity contribution in [2.45, 2.75) is 18.4 Å². The van der Waals surface area contributed by atoms with Crippen molar-refractivity contribution in [1.82, 2.24) is 24.7 Å². The summed E-state index contributed by atoms with van der Waals surface area (Å²) in [5.74, 6) is 0.412. The molecule has 1 aliphatic heterocycles. The number of fused-ring (bicyclic) bond motifs is 2. The molecule has 9 heteroatoms. The van der Waals surface area contributed by atoms with Crippen molar-refractivity contribution in [3.8, 4) is 11.3 Å². The van der Waals surface area contributed by atoms with E-state index in [4.69, 9.17) is 0 Å². The first-order chi connectivity index (χ1) is 14.1. The summed E-state index contributed by atoms with van der Waals surface area (Å²) in [7, 11) is 1.84. The summed E-state index contributed by atoms with van der Waals surface area (Å²) in [6, 6.07) is 6.25. The van der Waals surface area contributed by atoms with Crippen LogP contribution in [0, 0.1) is 6.92 Å². The Morgan fingerprint density at radius 3 is 3.03 bits per heavy atom. The molecule has 0 unspecified atom stereocenters. The van der Waals surface area contributed by atoms with Gasteiger partial charge in [0.2, 0.25) is 5.91 Å². The number of benzene rings is 1. The average molecular weight is 423 g/mol. The minimum atomic E-state index is 0.0849. The Hall–Kier alpha value is -2.78. The van der Waals surface area contributed by atoms with Crippen LogP contribution in [0.3, 0.4) is 0 Å². The standard InChI is InChI=1S/C20H18N6OS2/c1-12-24-16(9-28-12)13-3-4-17-14(7-13)5-6-26(17)18(27)10-29-20-15-8-23-25(2)19(15)21-11-22-20/h3-4,7-9,11H,5-6,10H2,1-2H3. The number of amides is 1. The maximum atomic E-state index is 12.9. The lowest BCUT2D eigenvalue weighted by atomic mass is 10.1. The SMILES string of the molecule is Cc1nc(-c2ccc3c(c2)CCN3C(=O)CSc2ncnc3c2cnn3C)cs1. The van der Waals surface area contributed by atoms with Crippen molar-refractivity contribution in [2.75, 3.05) is 17.2 Å². The molecule has 0 bridgehead atoms. The second-order valence-electron chi connectivity index (χ2n) is 6.86. The minimum absolute atomic E-state index is 0.0849. The fraction of sp³-hybridized carbons (Fsp3) is 0.250. The molecular weight excluding hydrogens is 404 g/mol. The van der Waals surface area contributed by atoms with E-state index in [0.29, 0.717) is 12.3 Å². The van der Waals surface area contributed by atoms with Crippen LogP contribution in [0.15, 0.2) is 41.1 Å². The number of thiazole rings is 1. The van der Waals surface area contributed by atoms with Crippen LogP contribution < -0.4 is 4.90 Å². The van der Waals surface area contributed by atoms with Crippen LogP contribution in [0.4, 0.5) is 5.69 Å². The largest absolute Gasteiger partial charge is 0.311 e. The Morgan fingerprint density at radius 1 is 1.31 bits per heavy atom. The Morgan fingerprint density at radius 2 is 2.21 bits per heavy atom. The van der Waals surface area contributed by atoms with E-state index >= 15 is 0 Å². The molecule has 0 atom stereocenters. The van der Waals surface area contributed by atoms with Gasteiger partial charge in [0.1, 0.15) is 11.4 Å². The number of thioether (sulfide) groups is 1. The number of aryl methyl sites for hydroxylation is 2. The van der Waals surface area contributed by atoms with Crippen LogP contribution in [-0.4, -0.2) is 42.9 Å². The van der Waals surface area contributed by atoms with Crippen molar-refractivity contribution < 1.29 is 4.79 Å². The Balaban J connectivity index is 1.33. The van der Waals surface area contributed by atoms with Crippen LogP contribution in [0.2, 0.25) is 0 Å². The molecule has 0 spiro atoms. The van der Waals surface area contributed by atoms with Gasteiger partial charge < -0.3 is 4.90 Å². The predicted octanol–water partition coefficient (Wildman–Crippen LogP) is 3.48. The molecule has 0 radical (unpaired) electrons. The third-order valence-corrected chi connectivity index (χ3v) is 6.78. The second-order valence-corrected chi connectivity index (χ2v) is 8.89. The highest BCUT2D eigenvalue weighted by Gasteiger charge is 2.25. The van der Waals surface area contributed by atoms with Crippen LogP contribution >= 0.6 is 23.1 Å². The van der Waals surface area contributed by atoms with Crippen LogP contribution in [0.25, 0.3) is 22.3 Å². The van der Waals surface area contributed by atoms with Gasteiger partial charge in [-0.3, -0.25) is 9.48 Å². The van der Waals surface area contributed by atoms with Gasteiger partial charge >= 0.3 is 0 Å². The molecule has 0 N–H and O–H groups in total. The molecule has 0 aliphatic carbocycles. The number of hydrogen-bond donors (Lipinski definition) is 0. The van der Waals surface area contributed by atoms with E-state index in [-0.39, 0.29) is 5.91 Å². The fourth-order valence-corrected chi connectivity index (χ4v) is 5.04. The van der Waals surface area contributed by atoms with Crippen molar-refractivity contribution in [2.24, 2.45) is 7.05 Å². The smallest absolute Gasteiger partial charge is 0.237 e. The average Bonchev–Trinajstić information content (AvgIpc) is 3.44. The topological polar surface area (TPSA) is 76.8 Å². The van der Waals surface area contributed by atoms with E-state index in [1.165, 1.54) is 23.7 Å². The monoisotopic (exact) mass is 422 g/mol. The fourth-order valence-electron chi connectivity index (χ4n) is 3.58. The molecule has 0 saturated carbocycles. The van der Waals surface area contributed by atoms with E-state index < -0.39 is 0 Å². The number of anilines is 1. The molecule has 7 nitrogen and oxygen atoms in total. The van der Waals surface area contributed by atoms with E-state index in [0.717, 1.165) is 44.4 Å². The normalized spacial score (nSPS) is 13.2. The zero-order valence-electron chi connectivity index (χ0n) is 16.0. The van der Waals surface area contributed by atoms with E-state index in [1.54, 1.807) is 22.2 Å². The molecule has 146 valence electrons. The first-order valence-electron chi connectivity index (χ1n) is 9.21. The Labute approximate surface area is 175 Å². The molecule has 1 aromatic carbocycles. The maximum absolute atomic E-state index is 12.9. The number of hydrogen-bond acceptors (Lipinski definition) is 7. The number of carbonyl (C=O) groups excluding carboxylic acids is 1. The molecule has 1 amide bonds. The number of nitrogens with zero attached hydrogens (tertiary/aromatic N) is 6. The number of rotatable bonds is 4. The summed E-state index contributed by atoms with van der Waals surface area (Å²) in [6.07, 6.45) is 4.13. The summed E-state index contributed by atoms with van der Waals surface area (Å²) >= 11 is 3.08. The zero-order chi connectivity index (χ0) is 20.0. The van der Waals surface area contributed by atoms with Crippen molar-refractivity contribution in [1.29, 1.82) is 0 Å². The zero-order valence-corrected chi connectivity index (χ0v) is 17.6. The highest BCUT2D eigenvalue weighted by atomic mass is 32.2. The lowest BCUT2D eigenvalue weighted by Gasteiger charge is -2.17. The van der Waals surface area contributed by atoms with Gasteiger partial charge in [0, 0.05) is 30.2 Å². The van der Waals surface area contributed by atoms with Crippen LogP contribution in [-0.2, 0) is 18.3 Å². The molecule has 4 heterocycles. The van der Waals surface area contributed by atoms with Gasteiger partial charge in [-0.15, -0.1) is 11.3 Å². The van der Waals surface area contributed by atoms with Crippen molar-refractivity contribution in [3.63, 3.8) is 0 Å². The van der Waals surface area contributed by atoms with Gasteiger partial charge in [-0.2, -0.15) is 5.10 Å². The predicted molar refractivity (Wildman–Crippen MR) is 115 cm³/mol. The first-order valence-corrected chi connectivity index (χ1v) is 11.1. The molecule has 0 fully saturated rings. The summed E-state index contributed by atoms with van der Waals surface area (Å²) in [5.41, 5.74) is 5.08. The Bertz CT molecular complexity index is 1230. The highest BCUT2D eigenvalue weighted by molar-refractivity contribution is 8.00.